The van der Waals surface area contributed by atoms with Crippen LogP contribution in [0, 0.1) is 19.7 Å². The monoisotopic (exact) mass is 305 g/mol. The summed E-state index contributed by atoms with van der Waals surface area (Å²) in [5.74, 6) is -0.240. The molecular weight excluding hydrogens is 285 g/mol. The molecule has 1 N–H and O–H groups in total. The number of hydrogen-bond donors (Lipinski definition) is 1. The highest BCUT2D eigenvalue weighted by molar-refractivity contribution is 6.31. The summed E-state index contributed by atoms with van der Waals surface area (Å²) in [5.41, 5.74) is 4.73. The van der Waals surface area contributed by atoms with Crippen LogP contribution in [0.5, 0.6) is 0 Å². The average Bonchev–Trinajstić information content (AvgIpc) is 2.46. The van der Waals surface area contributed by atoms with Gasteiger partial charge in [0.15, 0.2) is 0 Å². The maximum Gasteiger partial charge on any atom is 0.123 e. The number of nitrogens with one attached hydrogen (secondary N) is 1. The van der Waals surface area contributed by atoms with Crippen LogP contribution >= 0.6 is 11.6 Å². The summed E-state index contributed by atoms with van der Waals surface area (Å²) in [6.45, 7) is 4.23. The fourth-order valence-electron chi connectivity index (χ4n) is 2.46. The molecule has 0 aliphatic carbocycles. The van der Waals surface area contributed by atoms with E-state index in [-0.39, 0.29) is 11.9 Å². The first-order valence-electron chi connectivity index (χ1n) is 7.17. The number of rotatable bonds is 5. The lowest BCUT2D eigenvalue weighted by Crippen LogP contribution is -2.30. The van der Waals surface area contributed by atoms with Gasteiger partial charge in [-0.3, -0.25) is 0 Å². The van der Waals surface area contributed by atoms with Gasteiger partial charge in [0, 0.05) is 11.1 Å². The molecular formula is C18H21ClFN. The molecule has 2 aromatic carbocycles. The lowest BCUT2D eigenvalue weighted by molar-refractivity contribution is 0.553. The van der Waals surface area contributed by atoms with E-state index in [2.05, 4.69) is 37.4 Å². The molecule has 0 spiro atoms. The Hall–Kier alpha value is -1.38. The lowest BCUT2D eigenvalue weighted by atomic mass is 9.97. The molecule has 0 heterocycles. The number of benzene rings is 2. The Morgan fingerprint density at radius 3 is 2.48 bits per heavy atom. The van der Waals surface area contributed by atoms with Gasteiger partial charge in [-0.25, -0.2) is 4.39 Å². The summed E-state index contributed by atoms with van der Waals surface area (Å²) in [7, 11) is 1.93. The van der Waals surface area contributed by atoms with Crippen molar-refractivity contribution in [3.05, 3.63) is 69.5 Å². The molecule has 0 saturated heterocycles. The summed E-state index contributed by atoms with van der Waals surface area (Å²) in [6.07, 6.45) is 1.60. The van der Waals surface area contributed by atoms with E-state index in [1.54, 1.807) is 6.07 Å². The minimum absolute atomic E-state index is 0.228. The Labute approximate surface area is 131 Å². The van der Waals surface area contributed by atoms with Crippen LogP contribution in [0.15, 0.2) is 36.4 Å². The summed E-state index contributed by atoms with van der Waals surface area (Å²) in [5, 5.41) is 3.92. The normalized spacial score (nSPS) is 12.4. The van der Waals surface area contributed by atoms with Crippen molar-refractivity contribution in [2.75, 3.05) is 7.05 Å². The summed E-state index contributed by atoms with van der Waals surface area (Å²) in [4.78, 5) is 0. The van der Waals surface area contributed by atoms with Crippen LogP contribution in [0.4, 0.5) is 4.39 Å². The molecule has 2 rings (SSSR count). The van der Waals surface area contributed by atoms with E-state index in [1.807, 2.05) is 7.05 Å². The summed E-state index contributed by atoms with van der Waals surface area (Å²) < 4.78 is 13.3. The minimum Gasteiger partial charge on any atom is -0.316 e. The third kappa shape index (κ3) is 4.29. The topological polar surface area (TPSA) is 12.0 Å². The maximum atomic E-state index is 13.3. The molecule has 1 nitrogen and oxygen atoms in total. The number of aryl methyl sites for hydroxylation is 2. The second-order valence-corrected chi connectivity index (χ2v) is 5.96. The van der Waals surface area contributed by atoms with Crippen molar-refractivity contribution >= 4 is 11.6 Å². The van der Waals surface area contributed by atoms with E-state index in [1.165, 1.54) is 28.8 Å². The van der Waals surface area contributed by atoms with E-state index in [0.29, 0.717) is 11.4 Å². The van der Waals surface area contributed by atoms with Crippen molar-refractivity contribution in [3.8, 4) is 0 Å². The molecule has 0 aromatic heterocycles. The molecule has 2 aromatic rings. The highest BCUT2D eigenvalue weighted by Gasteiger charge is 2.12. The zero-order valence-corrected chi connectivity index (χ0v) is 13.5. The molecule has 0 fully saturated rings. The van der Waals surface area contributed by atoms with Crippen LogP contribution in [-0.4, -0.2) is 13.1 Å². The zero-order chi connectivity index (χ0) is 15.4. The van der Waals surface area contributed by atoms with Crippen molar-refractivity contribution in [2.24, 2.45) is 0 Å². The molecule has 21 heavy (non-hydrogen) atoms. The SMILES string of the molecule is CNC(Cc1ccc(C)c(C)c1)Cc1cc(F)ccc1Cl. The van der Waals surface area contributed by atoms with Gasteiger partial charge in [0.25, 0.3) is 0 Å². The van der Waals surface area contributed by atoms with Gasteiger partial charge >= 0.3 is 0 Å². The van der Waals surface area contributed by atoms with Crippen LogP contribution in [0.2, 0.25) is 5.02 Å². The van der Waals surface area contributed by atoms with Crippen molar-refractivity contribution < 1.29 is 4.39 Å². The lowest BCUT2D eigenvalue weighted by Gasteiger charge is -2.18. The van der Waals surface area contributed by atoms with E-state index in [0.717, 1.165) is 12.0 Å². The molecule has 0 radical (unpaired) electrons. The van der Waals surface area contributed by atoms with Gasteiger partial charge in [-0.05, 0) is 74.2 Å². The first kappa shape index (κ1) is 16.0. The Morgan fingerprint density at radius 1 is 1.05 bits per heavy atom. The molecule has 1 atom stereocenters. The fourth-order valence-corrected chi connectivity index (χ4v) is 2.65. The van der Waals surface area contributed by atoms with Crippen LogP contribution < -0.4 is 5.32 Å². The predicted molar refractivity (Wildman–Crippen MR) is 87.6 cm³/mol. The molecule has 0 aliphatic rings. The van der Waals surface area contributed by atoms with E-state index in [4.69, 9.17) is 11.6 Å². The first-order valence-corrected chi connectivity index (χ1v) is 7.54. The summed E-state index contributed by atoms with van der Waals surface area (Å²) >= 11 is 6.15. The Bertz CT molecular complexity index is 625. The van der Waals surface area contributed by atoms with Gasteiger partial charge in [-0.15, -0.1) is 0 Å². The highest BCUT2D eigenvalue weighted by Crippen LogP contribution is 2.20. The molecule has 112 valence electrons. The quantitative estimate of drug-likeness (QED) is 0.859. The molecule has 3 heteroatoms. The van der Waals surface area contributed by atoms with Crippen LogP contribution in [0.25, 0.3) is 0 Å². The molecule has 0 aliphatic heterocycles. The average molecular weight is 306 g/mol. The zero-order valence-electron chi connectivity index (χ0n) is 12.7. The molecule has 0 amide bonds. The highest BCUT2D eigenvalue weighted by atomic mass is 35.5. The van der Waals surface area contributed by atoms with E-state index < -0.39 is 0 Å². The number of likely N-dealkylation sites (N-methyl/N-ethyl adjacent to an activating group) is 1. The third-order valence-electron chi connectivity index (χ3n) is 3.94. The largest absolute Gasteiger partial charge is 0.316 e. The van der Waals surface area contributed by atoms with Crippen molar-refractivity contribution in [2.45, 2.75) is 32.7 Å². The van der Waals surface area contributed by atoms with Gasteiger partial charge in [0.05, 0.1) is 0 Å². The fraction of sp³-hybridized carbons (Fsp3) is 0.333. The van der Waals surface area contributed by atoms with E-state index >= 15 is 0 Å². The Morgan fingerprint density at radius 2 is 1.81 bits per heavy atom. The first-order chi connectivity index (χ1) is 9.99. The standard InChI is InChI=1S/C18H21ClFN/c1-12-4-5-14(8-13(12)2)9-17(21-3)11-15-10-16(20)6-7-18(15)19/h4-8,10,17,21H,9,11H2,1-3H3. The Balaban J connectivity index is 2.12. The van der Waals surface area contributed by atoms with Crippen LogP contribution in [0.1, 0.15) is 22.3 Å². The van der Waals surface area contributed by atoms with Gasteiger partial charge < -0.3 is 5.32 Å². The molecule has 0 saturated carbocycles. The molecule has 0 bridgehead atoms. The predicted octanol–water partition coefficient (Wildman–Crippen LogP) is 4.47. The summed E-state index contributed by atoms with van der Waals surface area (Å²) in [6, 6.07) is 11.3. The van der Waals surface area contributed by atoms with Crippen molar-refractivity contribution in [1.29, 1.82) is 0 Å². The minimum atomic E-state index is -0.240. The van der Waals surface area contributed by atoms with Crippen molar-refractivity contribution in [3.63, 3.8) is 0 Å². The molecule has 1 unspecified atom stereocenters. The third-order valence-corrected chi connectivity index (χ3v) is 4.30. The Kier molecular flexibility index (Phi) is 5.38. The smallest absolute Gasteiger partial charge is 0.123 e. The second-order valence-electron chi connectivity index (χ2n) is 5.55. The van der Waals surface area contributed by atoms with E-state index in [9.17, 15) is 4.39 Å². The number of halogens is 2. The van der Waals surface area contributed by atoms with Crippen molar-refractivity contribution in [1.82, 2.24) is 5.32 Å². The van der Waals surface area contributed by atoms with Gasteiger partial charge in [-0.2, -0.15) is 0 Å². The van der Waals surface area contributed by atoms with Gasteiger partial charge in [0.1, 0.15) is 5.82 Å². The van der Waals surface area contributed by atoms with Crippen LogP contribution in [-0.2, 0) is 12.8 Å². The van der Waals surface area contributed by atoms with Crippen LogP contribution in [0.3, 0.4) is 0 Å². The maximum absolute atomic E-state index is 13.3. The number of hydrogen-bond acceptors (Lipinski definition) is 1. The van der Waals surface area contributed by atoms with Gasteiger partial charge in [-0.1, -0.05) is 29.8 Å². The van der Waals surface area contributed by atoms with Gasteiger partial charge in [0.2, 0.25) is 0 Å². The second kappa shape index (κ2) is 7.06.